The Kier molecular flexibility index (Phi) is 0.732. The zero-order chi connectivity index (χ0) is 15.2. The summed E-state index contributed by atoms with van der Waals surface area (Å²) in [5.74, 6) is 0. The first-order valence-electron chi connectivity index (χ1n) is 7.17. The Morgan fingerprint density at radius 2 is 2.43 bits per heavy atom. The topological polar surface area (TPSA) is 20.2 Å². The maximum absolute atomic E-state index is 8.72. The third kappa shape index (κ3) is 5.96. The van der Waals surface area contributed by atoms with Crippen molar-refractivity contribution in [3.63, 3.8) is 0 Å². The Morgan fingerprint density at radius 1 is 1.57 bits per heavy atom. The van der Waals surface area contributed by atoms with Crippen molar-refractivity contribution >= 4 is 0 Å². The maximum atomic E-state index is 8.72. The molecule has 0 unspecified atom stereocenters. The minimum absolute atomic E-state index is 1.41. The van der Waals surface area contributed by atoms with E-state index < -0.39 is 39.0 Å². The lowest BCUT2D eigenvalue weighted by atomic mass is 10.2. The van der Waals surface area contributed by atoms with Crippen molar-refractivity contribution in [1.82, 2.24) is 0 Å². The lowest BCUT2D eigenvalue weighted by Gasteiger charge is -1.90. The molecule has 0 saturated carbocycles. The van der Waals surface area contributed by atoms with Gasteiger partial charge in [-0.05, 0) is 6.37 Å². The summed E-state index contributed by atoms with van der Waals surface area (Å²) >= 11 is 0. The Bertz CT molecular complexity index is 303. The van der Waals surface area contributed by atoms with Crippen LogP contribution >= 0.6 is 0 Å². The molecule has 0 rings (SSSR count). The Balaban J connectivity index is 5.80. The number of hydrogen-bond acceptors (Lipinski definition) is 1. The summed E-state index contributed by atoms with van der Waals surface area (Å²) in [6, 6.07) is 0. The summed E-state index contributed by atoms with van der Waals surface area (Å²) in [6.45, 7) is -4.88. The molecule has 0 aliphatic heterocycles. The Morgan fingerprint density at radius 3 is 3.00 bits per heavy atom. The van der Waals surface area contributed by atoms with Gasteiger partial charge in [-0.1, -0.05) is 26.0 Å². The summed E-state index contributed by atoms with van der Waals surface area (Å²) in [5, 5.41) is 8.72. The molecule has 0 saturated heterocycles. The second kappa shape index (κ2) is 5.96. The van der Waals surface area contributed by atoms with Crippen LogP contribution in [0.4, 0.5) is 0 Å². The van der Waals surface area contributed by atoms with Crippen molar-refractivity contribution < 1.29 is 20.2 Å². The van der Waals surface area contributed by atoms with Gasteiger partial charge >= 0.3 is 0 Å². The fraction of sp³-hybridized carbons (Fsp3) is 1.00. The largest absolute Gasteiger partial charge is 0.396 e. The van der Waals surface area contributed by atoms with Crippen LogP contribution in [0.2, 0.25) is 0 Å². The van der Waals surface area contributed by atoms with Crippen LogP contribution in [0, 0.1) is 0 Å². The van der Waals surface area contributed by atoms with Gasteiger partial charge in [-0.3, -0.25) is 0 Å². The van der Waals surface area contributed by atoms with E-state index in [-0.39, 0.29) is 0 Å². The van der Waals surface area contributed by atoms with Crippen molar-refractivity contribution in [2.75, 3.05) is 6.61 Å². The van der Waals surface area contributed by atoms with Gasteiger partial charge in [-0.25, -0.2) is 0 Å². The van der Waals surface area contributed by atoms with E-state index in [4.69, 9.17) is 20.2 Å². The maximum Gasteiger partial charge on any atom is 0.0431 e. The number of hydrogen-bond donors (Lipinski definition) is 1. The molecule has 1 nitrogen and oxygen atoms in total. The lowest BCUT2D eigenvalue weighted by molar-refractivity contribution is 0.283. The van der Waals surface area contributed by atoms with Crippen molar-refractivity contribution in [2.24, 2.45) is 0 Å². The molecule has 0 aromatic carbocycles. The molecule has 0 heterocycles. The van der Waals surface area contributed by atoms with E-state index in [9.17, 15) is 0 Å². The molecular formula is C6H14O. The Hall–Kier alpha value is -0.0400. The van der Waals surface area contributed by atoms with Crippen LogP contribution in [0.5, 0.6) is 0 Å². The first-order valence-corrected chi connectivity index (χ1v) is 1.67. The molecule has 0 radical (unpaired) electrons. The van der Waals surface area contributed by atoms with Gasteiger partial charge in [0.2, 0.25) is 0 Å². The standard InChI is InChI=1S/C6H14O/c1-2-3-4-5-6-7/h7H,2-6H2,1H3/i1D3,2D2,3D2,4D2,5D2. The molecule has 0 bridgehead atoms. The molecule has 0 amide bonds. The minimum atomic E-state index is -3.67. The second-order valence-electron chi connectivity index (χ2n) is 0.710. The highest BCUT2D eigenvalue weighted by atomic mass is 16.2. The molecule has 44 valence electrons. The fourth-order valence-corrected chi connectivity index (χ4v) is 0.115. The highest BCUT2D eigenvalue weighted by molar-refractivity contribution is 4.35. The van der Waals surface area contributed by atoms with E-state index in [1.807, 2.05) is 0 Å². The number of rotatable bonds is 4. The average Bonchev–Trinajstić information content (AvgIpc) is 2.15. The third-order valence-electron chi connectivity index (χ3n) is 0.292. The van der Waals surface area contributed by atoms with Gasteiger partial charge in [-0.15, -0.1) is 0 Å². The SMILES string of the molecule is [2H]C([2H])([2H])C([2H])([2H])C([2H])([2H])C([2H])([2H])C([2H])([2H])CO. The molecule has 0 fully saturated rings. The smallest absolute Gasteiger partial charge is 0.0431 e. The van der Waals surface area contributed by atoms with Gasteiger partial charge in [0.1, 0.15) is 0 Å². The average molecular weight is 113 g/mol. The monoisotopic (exact) mass is 113 g/mol. The van der Waals surface area contributed by atoms with Crippen LogP contribution in [-0.2, 0) is 0 Å². The van der Waals surface area contributed by atoms with Crippen LogP contribution in [-0.4, -0.2) is 11.7 Å². The van der Waals surface area contributed by atoms with E-state index in [1.54, 1.807) is 0 Å². The third-order valence-corrected chi connectivity index (χ3v) is 0.292. The summed E-state index contributed by atoms with van der Waals surface area (Å²) < 4.78 is 78.9. The van der Waals surface area contributed by atoms with Gasteiger partial charge in [0.15, 0.2) is 0 Å². The summed E-state index contributed by atoms with van der Waals surface area (Å²) in [5.41, 5.74) is 0. The quantitative estimate of drug-likeness (QED) is 0.586. The van der Waals surface area contributed by atoms with Crippen LogP contribution in [0.25, 0.3) is 0 Å². The van der Waals surface area contributed by atoms with Crippen molar-refractivity contribution in [2.45, 2.75) is 32.3 Å². The summed E-state index contributed by atoms with van der Waals surface area (Å²) in [6.07, 6.45) is -14.0. The zero-order valence-electron chi connectivity index (χ0n) is 14.7. The Labute approximate surface area is 60.8 Å². The van der Waals surface area contributed by atoms with E-state index in [0.717, 1.165) is 0 Å². The molecule has 1 N–H and O–H groups in total. The molecule has 0 aliphatic rings. The number of aliphatic hydroxyl groups is 1. The van der Waals surface area contributed by atoms with E-state index in [0.29, 0.717) is 0 Å². The lowest BCUT2D eigenvalue weighted by Crippen LogP contribution is -1.80. The molecule has 0 atom stereocenters. The predicted octanol–water partition coefficient (Wildman–Crippen LogP) is 1.56. The van der Waals surface area contributed by atoms with Crippen molar-refractivity contribution in [3.8, 4) is 0 Å². The van der Waals surface area contributed by atoms with Gasteiger partial charge < -0.3 is 5.11 Å². The molecular weight excluding hydrogens is 88.1 g/mol. The molecule has 1 heteroatoms. The van der Waals surface area contributed by atoms with Crippen molar-refractivity contribution in [1.29, 1.82) is 0 Å². The first-order chi connectivity index (χ1) is 7.56. The summed E-state index contributed by atoms with van der Waals surface area (Å²) in [4.78, 5) is 0. The van der Waals surface area contributed by atoms with Gasteiger partial charge in [0, 0.05) is 21.7 Å². The van der Waals surface area contributed by atoms with E-state index >= 15 is 0 Å². The zero-order valence-corrected chi connectivity index (χ0v) is 3.65. The van der Waals surface area contributed by atoms with Gasteiger partial charge in [-0.2, -0.15) is 0 Å². The minimum Gasteiger partial charge on any atom is -0.396 e. The fourth-order valence-electron chi connectivity index (χ4n) is 0.115. The first kappa shape index (κ1) is 0.860. The molecule has 0 aromatic rings. The van der Waals surface area contributed by atoms with Crippen LogP contribution in [0.15, 0.2) is 0 Å². The van der Waals surface area contributed by atoms with E-state index in [2.05, 4.69) is 0 Å². The molecule has 7 heavy (non-hydrogen) atoms. The molecule has 0 aromatic heterocycles. The second-order valence-corrected chi connectivity index (χ2v) is 0.710. The normalized spacial score (nSPS) is 42.7. The highest BCUT2D eigenvalue weighted by Gasteiger charge is 1.80. The van der Waals surface area contributed by atoms with Crippen LogP contribution < -0.4 is 0 Å². The van der Waals surface area contributed by atoms with Crippen LogP contribution in [0.3, 0.4) is 0 Å². The number of aliphatic hydroxyl groups excluding tert-OH is 1. The van der Waals surface area contributed by atoms with E-state index in [1.165, 1.54) is 0 Å². The van der Waals surface area contributed by atoms with Crippen molar-refractivity contribution in [3.05, 3.63) is 0 Å². The molecule has 0 aliphatic carbocycles. The molecule has 0 spiro atoms. The predicted molar refractivity (Wildman–Crippen MR) is 31.2 cm³/mol. The highest BCUT2D eigenvalue weighted by Crippen LogP contribution is 1.95. The van der Waals surface area contributed by atoms with Gasteiger partial charge in [0.05, 0.1) is 0 Å². The van der Waals surface area contributed by atoms with Gasteiger partial charge in [0.25, 0.3) is 0 Å². The van der Waals surface area contributed by atoms with Crippen LogP contribution in [0.1, 0.15) is 47.4 Å². The summed E-state index contributed by atoms with van der Waals surface area (Å²) in [7, 11) is 0.